The van der Waals surface area contributed by atoms with Crippen LogP contribution in [0.2, 0.25) is 0 Å². The van der Waals surface area contributed by atoms with E-state index in [2.05, 4.69) is 30.8 Å². The summed E-state index contributed by atoms with van der Waals surface area (Å²) in [5.41, 5.74) is 4.83. The number of hydrogen-bond acceptors (Lipinski definition) is 9. The van der Waals surface area contributed by atoms with Crippen LogP contribution in [0.3, 0.4) is 0 Å². The third-order valence-corrected chi connectivity index (χ3v) is 12.2. The minimum Gasteiger partial charge on any atom is -0.461 e. The summed E-state index contributed by atoms with van der Waals surface area (Å²) >= 11 is 0. The molecule has 3 aliphatic rings. The lowest BCUT2D eigenvalue weighted by molar-refractivity contribution is -0.122. The van der Waals surface area contributed by atoms with Crippen molar-refractivity contribution in [3.8, 4) is 11.4 Å². The largest absolute Gasteiger partial charge is 0.461 e. The standard InChI is InChI=1S/C44H53N9O5/c1-5-58-42(56)35-25-29-23-30(14-16-33(29)52(35)4)48-43(57)44(17-9-10-18-44)50-40(54)28-13-15-31-34(24-28)53-26-32(41(55)47-21-22-51(2)3)49-39-37(45-19-20-46-39)38(53)36(31)27-11-7-6-8-12-27/h13-16,19-20,23-25,27,32H,5-12,17-18,21-22,26H2,1-4H3,(H,46,49)(H,47,55)(H,48,57)(H,50,54). The number of hydrogen-bond donors (Lipinski definition) is 4. The average Bonchev–Trinajstić information content (AvgIpc) is 3.89. The van der Waals surface area contributed by atoms with Crippen molar-refractivity contribution in [2.75, 3.05) is 44.4 Å². The van der Waals surface area contributed by atoms with Gasteiger partial charge in [0.1, 0.15) is 23.0 Å². The number of ether oxygens (including phenoxy) is 1. The van der Waals surface area contributed by atoms with Crippen LogP contribution in [0.1, 0.15) is 97.0 Å². The number of likely N-dealkylation sites (N-methyl/N-ethyl adjacent to an activating group) is 1. The van der Waals surface area contributed by atoms with Crippen LogP contribution in [0, 0.1) is 0 Å². The first-order valence-electron chi connectivity index (χ1n) is 20.6. The van der Waals surface area contributed by atoms with Gasteiger partial charge in [0.05, 0.1) is 18.8 Å². The molecule has 2 aromatic carbocycles. The maximum absolute atomic E-state index is 14.4. The normalized spacial score (nSPS) is 17.6. The fraction of sp³-hybridized carbons (Fsp3) is 0.455. The third kappa shape index (κ3) is 7.41. The molecular formula is C44H53N9O5. The second kappa shape index (κ2) is 16.2. The van der Waals surface area contributed by atoms with Gasteiger partial charge >= 0.3 is 5.97 Å². The van der Waals surface area contributed by atoms with E-state index in [0.29, 0.717) is 66.9 Å². The van der Waals surface area contributed by atoms with Crippen LogP contribution in [0.15, 0.2) is 54.9 Å². The number of fused-ring (bicyclic) bond motifs is 6. The second-order valence-electron chi connectivity index (χ2n) is 16.3. The van der Waals surface area contributed by atoms with Crippen molar-refractivity contribution in [2.45, 2.75) is 88.8 Å². The Morgan fingerprint density at radius 2 is 1.72 bits per heavy atom. The Bertz CT molecular complexity index is 2390. The van der Waals surface area contributed by atoms with Gasteiger partial charge in [-0.15, -0.1) is 0 Å². The number of nitrogens with one attached hydrogen (secondary N) is 4. The number of anilines is 2. The molecule has 3 aromatic heterocycles. The van der Waals surface area contributed by atoms with Crippen LogP contribution in [0.5, 0.6) is 0 Å². The first-order chi connectivity index (χ1) is 28.1. The molecule has 1 aliphatic heterocycles. The van der Waals surface area contributed by atoms with Gasteiger partial charge in [-0.05, 0) is 94.6 Å². The zero-order valence-electron chi connectivity index (χ0n) is 33.8. The molecule has 0 bridgehead atoms. The summed E-state index contributed by atoms with van der Waals surface area (Å²) in [6, 6.07) is 12.4. The highest BCUT2D eigenvalue weighted by atomic mass is 16.5. The Balaban J connectivity index is 1.12. The molecule has 0 radical (unpaired) electrons. The highest BCUT2D eigenvalue weighted by Gasteiger charge is 2.43. The Hall–Kier alpha value is -5.76. The van der Waals surface area contributed by atoms with Gasteiger partial charge in [-0.25, -0.2) is 14.8 Å². The van der Waals surface area contributed by atoms with Gasteiger partial charge in [-0.2, -0.15) is 0 Å². The average molecular weight is 788 g/mol. The molecule has 4 N–H and O–H groups in total. The predicted octanol–water partition coefficient (Wildman–Crippen LogP) is 5.97. The SMILES string of the molecule is CCOC(=O)c1cc2cc(NC(=O)C3(NC(=O)c4ccc5c(C6CCCCC6)c6n(c5c4)CC(C(=O)NCCN(C)C)Nc4nccnc4-6)CCCC3)ccc2n1C. The van der Waals surface area contributed by atoms with Gasteiger partial charge in [-0.1, -0.05) is 38.2 Å². The van der Waals surface area contributed by atoms with Crippen molar-refractivity contribution in [3.05, 3.63) is 71.7 Å². The zero-order chi connectivity index (χ0) is 40.6. The molecule has 14 nitrogen and oxygen atoms in total. The Labute approximate surface area is 338 Å². The molecule has 2 fully saturated rings. The topological polar surface area (TPSA) is 165 Å². The number of esters is 1. The van der Waals surface area contributed by atoms with E-state index in [1.807, 2.05) is 62.4 Å². The minimum atomic E-state index is -1.11. The third-order valence-electron chi connectivity index (χ3n) is 12.2. The first-order valence-corrected chi connectivity index (χ1v) is 20.6. The Morgan fingerprint density at radius 1 is 0.948 bits per heavy atom. The molecule has 304 valence electrons. The van der Waals surface area contributed by atoms with Gasteiger partial charge in [0.25, 0.3) is 5.91 Å². The Kier molecular flexibility index (Phi) is 10.9. The quantitative estimate of drug-likeness (QED) is 0.118. The molecule has 1 unspecified atom stereocenters. The van der Waals surface area contributed by atoms with E-state index < -0.39 is 17.6 Å². The lowest BCUT2D eigenvalue weighted by Crippen LogP contribution is -2.55. The van der Waals surface area contributed by atoms with E-state index in [0.717, 1.165) is 66.0 Å². The van der Waals surface area contributed by atoms with Crippen LogP contribution < -0.4 is 21.3 Å². The van der Waals surface area contributed by atoms with Crippen molar-refractivity contribution < 1.29 is 23.9 Å². The van der Waals surface area contributed by atoms with Crippen LogP contribution in [-0.4, -0.2) is 93.1 Å². The van der Waals surface area contributed by atoms with Crippen LogP contribution in [-0.2, 0) is 27.9 Å². The lowest BCUT2D eigenvalue weighted by Gasteiger charge is -2.29. The molecule has 4 heterocycles. The molecule has 5 aromatic rings. The number of carbonyl (C=O) groups excluding carboxylic acids is 4. The monoisotopic (exact) mass is 787 g/mol. The van der Waals surface area contributed by atoms with Crippen molar-refractivity contribution in [1.82, 2.24) is 34.6 Å². The molecule has 3 amide bonds. The molecule has 0 saturated heterocycles. The van der Waals surface area contributed by atoms with E-state index in [-0.39, 0.29) is 24.3 Å². The summed E-state index contributed by atoms with van der Waals surface area (Å²) in [5.74, 6) is -0.301. The van der Waals surface area contributed by atoms with Crippen molar-refractivity contribution in [3.63, 3.8) is 0 Å². The summed E-state index contributed by atoms with van der Waals surface area (Å²) < 4.78 is 9.16. The Morgan fingerprint density at radius 3 is 2.48 bits per heavy atom. The summed E-state index contributed by atoms with van der Waals surface area (Å²) in [7, 11) is 5.75. The molecule has 2 saturated carbocycles. The number of carbonyl (C=O) groups is 4. The molecule has 2 aliphatic carbocycles. The highest BCUT2D eigenvalue weighted by molar-refractivity contribution is 6.07. The number of aryl methyl sites for hydroxylation is 1. The van der Waals surface area contributed by atoms with Crippen molar-refractivity contribution in [1.29, 1.82) is 0 Å². The van der Waals surface area contributed by atoms with Crippen molar-refractivity contribution >= 4 is 57.0 Å². The second-order valence-corrected chi connectivity index (χ2v) is 16.3. The predicted molar refractivity (Wildman–Crippen MR) is 224 cm³/mol. The van der Waals surface area contributed by atoms with Gasteiger partial charge in [0.15, 0.2) is 5.82 Å². The van der Waals surface area contributed by atoms with E-state index in [1.165, 1.54) is 12.0 Å². The number of rotatable bonds is 11. The van der Waals surface area contributed by atoms with E-state index >= 15 is 0 Å². The number of nitrogens with zero attached hydrogens (tertiary/aromatic N) is 5. The molecule has 58 heavy (non-hydrogen) atoms. The van der Waals surface area contributed by atoms with Crippen LogP contribution >= 0.6 is 0 Å². The van der Waals surface area contributed by atoms with Crippen LogP contribution in [0.25, 0.3) is 33.2 Å². The fourth-order valence-electron chi connectivity index (χ4n) is 9.21. The summed E-state index contributed by atoms with van der Waals surface area (Å²) in [6.45, 7) is 3.56. The van der Waals surface area contributed by atoms with E-state index in [4.69, 9.17) is 9.72 Å². The van der Waals surface area contributed by atoms with Gasteiger partial charge in [0, 0.05) is 65.6 Å². The van der Waals surface area contributed by atoms with E-state index in [9.17, 15) is 19.2 Å². The van der Waals surface area contributed by atoms with Crippen LogP contribution in [0.4, 0.5) is 11.5 Å². The number of aromatic nitrogens is 4. The maximum atomic E-state index is 14.4. The molecular weight excluding hydrogens is 735 g/mol. The van der Waals surface area contributed by atoms with Gasteiger partial charge in [-0.3, -0.25) is 14.4 Å². The fourth-order valence-corrected chi connectivity index (χ4v) is 9.21. The molecule has 14 heteroatoms. The van der Waals surface area contributed by atoms with Gasteiger partial charge < -0.3 is 40.0 Å². The van der Waals surface area contributed by atoms with Crippen molar-refractivity contribution in [2.24, 2.45) is 7.05 Å². The smallest absolute Gasteiger partial charge is 0.354 e. The summed E-state index contributed by atoms with van der Waals surface area (Å²) in [4.78, 5) is 66.4. The maximum Gasteiger partial charge on any atom is 0.354 e. The van der Waals surface area contributed by atoms with Gasteiger partial charge in [0.2, 0.25) is 11.8 Å². The number of amides is 3. The number of benzene rings is 2. The first kappa shape index (κ1) is 39.1. The zero-order valence-corrected chi connectivity index (χ0v) is 33.8. The highest BCUT2D eigenvalue weighted by Crippen LogP contribution is 2.46. The minimum absolute atomic E-state index is 0.138. The lowest BCUT2D eigenvalue weighted by atomic mass is 9.82. The molecule has 1 atom stereocenters. The molecule has 0 spiro atoms. The summed E-state index contributed by atoms with van der Waals surface area (Å²) in [6.07, 6.45) is 11.5. The van der Waals surface area contributed by atoms with E-state index in [1.54, 1.807) is 30.0 Å². The molecule has 8 rings (SSSR count). The summed E-state index contributed by atoms with van der Waals surface area (Å²) in [5, 5.41) is 14.6.